The molecule has 0 aliphatic rings. The summed E-state index contributed by atoms with van der Waals surface area (Å²) < 4.78 is 1.13. The Morgan fingerprint density at radius 2 is 2.33 bits per heavy atom. The first kappa shape index (κ1) is 11.2. The zero-order chi connectivity index (χ0) is 10.7. The van der Waals surface area contributed by atoms with E-state index in [0.717, 1.165) is 15.9 Å². The van der Waals surface area contributed by atoms with Gasteiger partial charge in [-0.15, -0.1) is 23.1 Å². The molecule has 1 aromatic heterocycles. The van der Waals surface area contributed by atoms with Gasteiger partial charge in [-0.1, -0.05) is 22.0 Å². The lowest BCUT2D eigenvalue weighted by molar-refractivity contribution is 1.18. The Balaban J connectivity index is 1.99. The molecule has 2 aromatic rings. The van der Waals surface area contributed by atoms with E-state index in [0.29, 0.717) is 0 Å². The first-order chi connectivity index (χ1) is 7.24. The minimum Gasteiger partial charge on any atom is -0.246 e. The van der Waals surface area contributed by atoms with Crippen molar-refractivity contribution in [2.45, 2.75) is 17.6 Å². The second kappa shape index (κ2) is 5.14. The van der Waals surface area contributed by atoms with E-state index in [1.54, 1.807) is 11.3 Å². The highest BCUT2D eigenvalue weighted by molar-refractivity contribution is 9.10. The van der Waals surface area contributed by atoms with E-state index in [1.165, 1.54) is 9.90 Å². The van der Waals surface area contributed by atoms with Gasteiger partial charge in [-0.3, -0.25) is 0 Å². The third kappa shape index (κ3) is 3.33. The third-order valence-corrected chi connectivity index (χ3v) is 4.47. The van der Waals surface area contributed by atoms with Gasteiger partial charge in [-0.05, 0) is 25.1 Å². The molecule has 1 nitrogen and oxygen atoms in total. The van der Waals surface area contributed by atoms with Gasteiger partial charge >= 0.3 is 0 Å². The Kier molecular flexibility index (Phi) is 3.83. The summed E-state index contributed by atoms with van der Waals surface area (Å²) in [5, 5.41) is 3.29. The topological polar surface area (TPSA) is 12.9 Å². The van der Waals surface area contributed by atoms with E-state index in [-0.39, 0.29) is 0 Å². The normalized spacial score (nSPS) is 10.5. The highest BCUT2D eigenvalue weighted by Crippen LogP contribution is 2.26. The maximum Gasteiger partial charge on any atom is 0.103 e. The van der Waals surface area contributed by atoms with Crippen LogP contribution in [0.3, 0.4) is 0 Å². The molecule has 0 unspecified atom stereocenters. The molecule has 0 aliphatic carbocycles. The van der Waals surface area contributed by atoms with Crippen LogP contribution < -0.4 is 0 Å². The molecule has 0 amide bonds. The van der Waals surface area contributed by atoms with Crippen LogP contribution in [0.15, 0.2) is 39.0 Å². The highest BCUT2D eigenvalue weighted by atomic mass is 79.9. The maximum absolute atomic E-state index is 4.43. The van der Waals surface area contributed by atoms with Crippen molar-refractivity contribution in [2.75, 3.05) is 0 Å². The molecule has 4 heteroatoms. The lowest BCUT2D eigenvalue weighted by Gasteiger charge is -1.99. The zero-order valence-electron chi connectivity index (χ0n) is 8.24. The smallest absolute Gasteiger partial charge is 0.103 e. The molecule has 0 saturated heterocycles. The van der Waals surface area contributed by atoms with Crippen molar-refractivity contribution in [3.05, 3.63) is 44.8 Å². The van der Waals surface area contributed by atoms with Crippen molar-refractivity contribution in [1.82, 2.24) is 4.98 Å². The molecule has 1 heterocycles. The molecule has 15 heavy (non-hydrogen) atoms. The van der Waals surface area contributed by atoms with Gasteiger partial charge in [0.25, 0.3) is 0 Å². The van der Waals surface area contributed by atoms with Crippen molar-refractivity contribution in [2.24, 2.45) is 0 Å². The monoisotopic (exact) mass is 299 g/mol. The van der Waals surface area contributed by atoms with Crippen LogP contribution in [0.2, 0.25) is 0 Å². The molecule has 2 rings (SSSR count). The van der Waals surface area contributed by atoms with Gasteiger partial charge in [0.05, 0.1) is 5.75 Å². The summed E-state index contributed by atoms with van der Waals surface area (Å²) in [4.78, 5) is 5.71. The van der Waals surface area contributed by atoms with Crippen LogP contribution in [0.4, 0.5) is 0 Å². The summed E-state index contributed by atoms with van der Waals surface area (Å²) in [5.74, 6) is 0.953. The van der Waals surface area contributed by atoms with Crippen LogP contribution in [-0.2, 0) is 5.75 Å². The Labute approximate surface area is 106 Å². The summed E-state index contributed by atoms with van der Waals surface area (Å²) in [6.45, 7) is 2.03. The van der Waals surface area contributed by atoms with E-state index in [2.05, 4.69) is 44.5 Å². The van der Waals surface area contributed by atoms with Crippen molar-refractivity contribution in [3.63, 3.8) is 0 Å². The number of aromatic nitrogens is 1. The number of benzene rings is 1. The van der Waals surface area contributed by atoms with Crippen molar-refractivity contribution in [1.29, 1.82) is 0 Å². The fraction of sp³-hybridized carbons (Fsp3) is 0.182. The van der Waals surface area contributed by atoms with Gasteiger partial charge in [0.1, 0.15) is 5.01 Å². The average molecular weight is 300 g/mol. The first-order valence-electron chi connectivity index (χ1n) is 4.53. The Morgan fingerprint density at radius 3 is 3.00 bits per heavy atom. The Morgan fingerprint density at radius 1 is 1.47 bits per heavy atom. The third-order valence-electron chi connectivity index (χ3n) is 1.82. The maximum atomic E-state index is 4.43. The molecule has 0 bridgehead atoms. The Bertz CT molecular complexity index is 453. The van der Waals surface area contributed by atoms with E-state index < -0.39 is 0 Å². The molecule has 0 fully saturated rings. The highest BCUT2D eigenvalue weighted by Gasteiger charge is 2.00. The van der Waals surface area contributed by atoms with Crippen LogP contribution in [-0.4, -0.2) is 4.98 Å². The number of halogens is 1. The largest absolute Gasteiger partial charge is 0.246 e. The number of hydrogen-bond donors (Lipinski definition) is 0. The predicted molar refractivity (Wildman–Crippen MR) is 70.6 cm³/mol. The van der Waals surface area contributed by atoms with Gasteiger partial charge in [-0.25, -0.2) is 4.98 Å². The molecule has 0 saturated carbocycles. The molecule has 0 N–H and O–H groups in total. The quantitative estimate of drug-likeness (QED) is 0.774. The molecular weight excluding hydrogens is 290 g/mol. The summed E-state index contributed by atoms with van der Waals surface area (Å²) in [6, 6.07) is 8.35. The summed E-state index contributed by atoms with van der Waals surface area (Å²) in [7, 11) is 0. The number of nitrogens with zero attached hydrogens (tertiary/aromatic N) is 1. The second-order valence-corrected chi connectivity index (χ2v) is 6.04. The molecular formula is C11H10BrNS2. The molecule has 0 spiro atoms. The molecule has 0 radical (unpaired) electrons. The predicted octanol–water partition coefficient (Wildman–Crippen LogP) is 4.51. The average Bonchev–Trinajstić information content (AvgIpc) is 2.62. The van der Waals surface area contributed by atoms with Crippen LogP contribution in [0.1, 0.15) is 10.7 Å². The molecule has 78 valence electrons. The van der Waals surface area contributed by atoms with Crippen LogP contribution >= 0.6 is 39.0 Å². The van der Waals surface area contributed by atoms with Crippen LogP contribution in [0, 0.1) is 6.92 Å². The van der Waals surface area contributed by atoms with Gasteiger partial charge in [0.15, 0.2) is 0 Å². The lowest BCUT2D eigenvalue weighted by atomic mass is 10.4. The van der Waals surface area contributed by atoms with Gasteiger partial charge in [0, 0.05) is 20.4 Å². The van der Waals surface area contributed by atoms with Gasteiger partial charge in [-0.2, -0.15) is 0 Å². The molecule has 0 aliphatic heterocycles. The number of thiazole rings is 1. The molecule has 1 aromatic carbocycles. The number of hydrogen-bond acceptors (Lipinski definition) is 3. The number of rotatable bonds is 3. The summed E-state index contributed by atoms with van der Waals surface area (Å²) in [5.41, 5.74) is 1.12. The fourth-order valence-corrected chi connectivity index (χ4v) is 3.47. The van der Waals surface area contributed by atoms with E-state index in [4.69, 9.17) is 0 Å². The SMILES string of the molecule is Cc1csc(CSc2cccc(Br)c2)n1. The van der Waals surface area contributed by atoms with E-state index >= 15 is 0 Å². The second-order valence-electron chi connectivity index (χ2n) is 3.13. The summed E-state index contributed by atoms with van der Waals surface area (Å²) in [6.07, 6.45) is 0. The number of aryl methyl sites for hydroxylation is 1. The van der Waals surface area contributed by atoms with Gasteiger partial charge in [0.2, 0.25) is 0 Å². The number of thioether (sulfide) groups is 1. The van der Waals surface area contributed by atoms with Crippen LogP contribution in [0.5, 0.6) is 0 Å². The minimum absolute atomic E-state index is 0.953. The molecule has 0 atom stereocenters. The van der Waals surface area contributed by atoms with Crippen LogP contribution in [0.25, 0.3) is 0 Å². The first-order valence-corrected chi connectivity index (χ1v) is 7.19. The summed E-state index contributed by atoms with van der Waals surface area (Å²) >= 11 is 7.01. The van der Waals surface area contributed by atoms with Crippen molar-refractivity contribution in [3.8, 4) is 0 Å². The van der Waals surface area contributed by atoms with E-state index in [1.807, 2.05) is 24.8 Å². The standard InChI is InChI=1S/C11H10BrNS2/c1-8-6-15-11(13-8)7-14-10-4-2-3-9(12)5-10/h2-6H,7H2,1H3. The lowest BCUT2D eigenvalue weighted by Crippen LogP contribution is -1.79. The zero-order valence-corrected chi connectivity index (χ0v) is 11.5. The minimum atomic E-state index is 0.953. The Hall–Kier alpha value is -0.320. The van der Waals surface area contributed by atoms with E-state index in [9.17, 15) is 0 Å². The van der Waals surface area contributed by atoms with Crippen molar-refractivity contribution < 1.29 is 0 Å². The fourth-order valence-electron chi connectivity index (χ4n) is 1.17. The van der Waals surface area contributed by atoms with Crippen molar-refractivity contribution >= 4 is 39.0 Å². The van der Waals surface area contributed by atoms with Gasteiger partial charge < -0.3 is 0 Å².